The van der Waals surface area contributed by atoms with E-state index in [0.29, 0.717) is 0 Å². The zero-order valence-corrected chi connectivity index (χ0v) is 24.1. The van der Waals surface area contributed by atoms with Gasteiger partial charge in [0.05, 0.1) is 16.9 Å². The fraction of sp³-hybridized carbons (Fsp3) is 0.0811. The molecule has 0 bridgehead atoms. The second-order valence-electron chi connectivity index (χ2n) is 11.1. The van der Waals surface area contributed by atoms with Crippen molar-refractivity contribution in [1.82, 2.24) is 14.5 Å². The molecule has 1 aliphatic heterocycles. The van der Waals surface area contributed by atoms with Gasteiger partial charge in [0.2, 0.25) is 0 Å². The summed E-state index contributed by atoms with van der Waals surface area (Å²) in [5.74, 6) is 1.53. The highest BCUT2D eigenvalue weighted by molar-refractivity contribution is 7.99. The Bertz CT molecular complexity index is 2130. The van der Waals surface area contributed by atoms with Crippen molar-refractivity contribution >= 4 is 33.7 Å². The van der Waals surface area contributed by atoms with E-state index in [1.54, 1.807) is 0 Å². The minimum Gasteiger partial charge on any atom is -0.457 e. The lowest BCUT2D eigenvalue weighted by molar-refractivity contribution is 0.482. The molecule has 0 saturated heterocycles. The lowest BCUT2D eigenvalue weighted by atomic mass is 9.76. The van der Waals surface area contributed by atoms with Crippen LogP contribution in [0.2, 0.25) is 0 Å². The summed E-state index contributed by atoms with van der Waals surface area (Å²) in [6, 6.07) is 39.8. The summed E-state index contributed by atoms with van der Waals surface area (Å²) < 4.78 is 8.75. The molecule has 7 aromatic rings. The molecule has 0 amide bonds. The van der Waals surface area contributed by atoms with Crippen molar-refractivity contribution in [1.29, 1.82) is 0 Å². The minimum atomic E-state index is -0.192. The molecule has 0 radical (unpaired) electrons. The van der Waals surface area contributed by atoms with E-state index in [9.17, 15) is 0 Å². The van der Waals surface area contributed by atoms with Crippen LogP contribution in [-0.2, 0) is 5.41 Å². The predicted molar refractivity (Wildman–Crippen MR) is 171 cm³/mol. The van der Waals surface area contributed by atoms with Crippen LogP contribution in [0.3, 0.4) is 0 Å². The minimum absolute atomic E-state index is 0.192. The van der Waals surface area contributed by atoms with Crippen LogP contribution in [0.1, 0.15) is 25.0 Å². The van der Waals surface area contributed by atoms with E-state index in [0.717, 1.165) is 39.5 Å². The van der Waals surface area contributed by atoms with Crippen molar-refractivity contribution in [3.63, 3.8) is 0 Å². The summed E-state index contributed by atoms with van der Waals surface area (Å²) >= 11 is 1.85. The van der Waals surface area contributed by atoms with Crippen molar-refractivity contribution in [3.8, 4) is 28.4 Å². The molecule has 42 heavy (non-hydrogen) atoms. The van der Waals surface area contributed by atoms with Gasteiger partial charge in [0.15, 0.2) is 0 Å². The molecule has 0 aliphatic carbocycles. The van der Waals surface area contributed by atoms with E-state index in [2.05, 4.69) is 90.1 Å². The third-order valence-electron chi connectivity index (χ3n) is 8.16. The smallest absolute Gasteiger partial charge is 0.145 e. The molecule has 0 N–H and O–H groups in total. The summed E-state index contributed by atoms with van der Waals surface area (Å²) in [5, 5.41) is 2.35. The molecular formula is C37H27N3OS. The highest BCUT2D eigenvalue weighted by Gasteiger charge is 2.36. The van der Waals surface area contributed by atoms with Gasteiger partial charge < -0.3 is 4.74 Å². The van der Waals surface area contributed by atoms with Gasteiger partial charge in [0.1, 0.15) is 17.1 Å². The lowest BCUT2D eigenvalue weighted by Gasteiger charge is -2.35. The third-order valence-corrected chi connectivity index (χ3v) is 9.30. The number of aromatic nitrogens is 3. The predicted octanol–water partition coefficient (Wildman–Crippen LogP) is 9.82. The van der Waals surface area contributed by atoms with Gasteiger partial charge in [0, 0.05) is 55.6 Å². The van der Waals surface area contributed by atoms with Crippen molar-refractivity contribution in [2.45, 2.75) is 29.1 Å². The number of pyridine rings is 2. The van der Waals surface area contributed by atoms with Crippen LogP contribution in [0.5, 0.6) is 11.5 Å². The van der Waals surface area contributed by atoms with Crippen LogP contribution in [0.25, 0.3) is 38.9 Å². The zero-order chi connectivity index (χ0) is 28.3. The van der Waals surface area contributed by atoms with Crippen LogP contribution in [-0.4, -0.2) is 14.5 Å². The first-order valence-corrected chi connectivity index (χ1v) is 14.9. The van der Waals surface area contributed by atoms with E-state index < -0.39 is 0 Å². The molecule has 0 saturated carbocycles. The van der Waals surface area contributed by atoms with Crippen molar-refractivity contribution in [2.24, 2.45) is 0 Å². The van der Waals surface area contributed by atoms with Crippen molar-refractivity contribution in [2.75, 3.05) is 0 Å². The molecule has 4 nitrogen and oxygen atoms in total. The zero-order valence-electron chi connectivity index (χ0n) is 23.3. The Morgan fingerprint density at radius 2 is 1.48 bits per heavy atom. The molecule has 0 fully saturated rings. The van der Waals surface area contributed by atoms with Crippen molar-refractivity contribution < 1.29 is 4.74 Å². The molecule has 8 rings (SSSR count). The highest BCUT2D eigenvalue weighted by atomic mass is 32.2. The maximum Gasteiger partial charge on any atom is 0.145 e. The van der Waals surface area contributed by atoms with E-state index in [-0.39, 0.29) is 5.41 Å². The topological polar surface area (TPSA) is 39.9 Å². The van der Waals surface area contributed by atoms with Crippen LogP contribution in [0, 0.1) is 0 Å². The van der Waals surface area contributed by atoms with Gasteiger partial charge in [-0.25, -0.2) is 4.98 Å². The summed E-state index contributed by atoms with van der Waals surface area (Å²) in [5.41, 5.74) is 7.57. The van der Waals surface area contributed by atoms with E-state index in [1.165, 1.54) is 31.8 Å². The normalized spacial score (nSPS) is 13.6. The first kappa shape index (κ1) is 24.9. The van der Waals surface area contributed by atoms with Crippen LogP contribution >= 0.6 is 11.8 Å². The Labute approximate surface area is 248 Å². The van der Waals surface area contributed by atoms with Crippen LogP contribution < -0.4 is 4.74 Å². The Balaban J connectivity index is 1.30. The third kappa shape index (κ3) is 3.92. The number of fused-ring (bicyclic) bond motifs is 6. The largest absolute Gasteiger partial charge is 0.457 e. The quantitative estimate of drug-likeness (QED) is 0.214. The fourth-order valence-corrected chi connectivity index (χ4v) is 7.66. The standard InChI is InChI=1S/C37H27N3OS/c1-37(2)30-15-3-4-17-32(30)42-33-19-18-28-29-14-9-21-39-36(29)40(35(28)34(33)37)25-11-8-13-27(23-25)41-26-12-7-10-24(22-26)31-16-5-6-20-38-31/h3-23H,1-2H3. The van der Waals surface area contributed by atoms with Gasteiger partial charge >= 0.3 is 0 Å². The van der Waals surface area contributed by atoms with Gasteiger partial charge in [-0.1, -0.05) is 74.1 Å². The second kappa shape index (κ2) is 9.61. The summed E-state index contributed by atoms with van der Waals surface area (Å²) in [6.45, 7) is 4.68. The monoisotopic (exact) mass is 561 g/mol. The summed E-state index contributed by atoms with van der Waals surface area (Å²) in [6.07, 6.45) is 3.69. The number of ether oxygens (including phenoxy) is 1. The molecule has 0 unspecified atom stereocenters. The Kier molecular flexibility index (Phi) is 5.69. The highest BCUT2D eigenvalue weighted by Crippen LogP contribution is 2.52. The number of hydrogen-bond acceptors (Lipinski definition) is 4. The first-order chi connectivity index (χ1) is 20.6. The van der Waals surface area contributed by atoms with Crippen molar-refractivity contribution in [3.05, 3.63) is 139 Å². The maximum absolute atomic E-state index is 6.44. The summed E-state index contributed by atoms with van der Waals surface area (Å²) in [7, 11) is 0. The number of benzene rings is 4. The van der Waals surface area contributed by atoms with Gasteiger partial charge in [-0.2, -0.15) is 0 Å². The molecule has 4 aromatic carbocycles. The Hall–Kier alpha value is -4.87. The molecule has 1 aliphatic rings. The lowest BCUT2D eigenvalue weighted by Crippen LogP contribution is -2.24. The van der Waals surface area contributed by atoms with Gasteiger partial charge in [0.25, 0.3) is 0 Å². The van der Waals surface area contributed by atoms with Gasteiger partial charge in [-0.3, -0.25) is 9.55 Å². The van der Waals surface area contributed by atoms with Crippen LogP contribution in [0.4, 0.5) is 0 Å². The van der Waals surface area contributed by atoms with Gasteiger partial charge in [-0.05, 0) is 66.2 Å². The molecule has 4 heterocycles. The molecule has 202 valence electrons. The first-order valence-electron chi connectivity index (χ1n) is 14.1. The molecule has 0 atom stereocenters. The average molecular weight is 562 g/mol. The van der Waals surface area contributed by atoms with Crippen LogP contribution in [0.15, 0.2) is 137 Å². The average Bonchev–Trinajstić information content (AvgIpc) is 3.36. The number of hydrogen-bond donors (Lipinski definition) is 0. The summed E-state index contributed by atoms with van der Waals surface area (Å²) in [4.78, 5) is 12.0. The van der Waals surface area contributed by atoms with Gasteiger partial charge in [-0.15, -0.1) is 0 Å². The number of nitrogens with zero attached hydrogens (tertiary/aromatic N) is 3. The SMILES string of the molecule is CC1(C)c2ccccc2Sc2ccc3c4cccnc4n(-c4cccc(Oc5cccc(-c6ccccn6)c5)c4)c3c21. The molecule has 3 aromatic heterocycles. The number of rotatable bonds is 4. The molecule has 0 spiro atoms. The fourth-order valence-electron chi connectivity index (χ4n) is 6.25. The van der Waals surface area contributed by atoms with E-state index in [1.807, 2.05) is 72.7 Å². The molecular weight excluding hydrogens is 534 g/mol. The van der Waals surface area contributed by atoms with E-state index in [4.69, 9.17) is 9.72 Å². The Morgan fingerprint density at radius 3 is 2.36 bits per heavy atom. The molecule has 5 heteroatoms. The maximum atomic E-state index is 6.44. The second-order valence-corrected chi connectivity index (χ2v) is 12.2. The van der Waals surface area contributed by atoms with E-state index >= 15 is 0 Å². The Morgan fingerprint density at radius 1 is 0.667 bits per heavy atom.